The molecule has 0 atom stereocenters. The number of allylic oxidation sites excluding steroid dienone is 3. The Balaban J connectivity index is 4.64. The topological polar surface area (TPSA) is 60.7 Å². The van der Waals surface area contributed by atoms with E-state index in [9.17, 15) is 15.3 Å². The molecule has 0 bridgehead atoms. The lowest BCUT2D eigenvalue weighted by molar-refractivity contribution is -0.380. The zero-order valence-electron chi connectivity index (χ0n) is 23.2. The van der Waals surface area contributed by atoms with Gasteiger partial charge in [0.15, 0.2) is 0 Å². The van der Waals surface area contributed by atoms with Crippen LogP contribution in [0.3, 0.4) is 0 Å². The third kappa shape index (κ3) is 19.0. The summed E-state index contributed by atoms with van der Waals surface area (Å²) in [6.07, 6.45) is 32.0. The van der Waals surface area contributed by atoms with E-state index in [-0.39, 0.29) is 0 Å². The van der Waals surface area contributed by atoms with E-state index >= 15 is 0 Å². The number of hydrogen-bond acceptors (Lipinski definition) is 3. The summed E-state index contributed by atoms with van der Waals surface area (Å²) in [4.78, 5) is 0. The first-order chi connectivity index (χ1) is 16.9. The Morgan fingerprint density at radius 2 is 0.600 bits per heavy atom. The molecule has 0 aliphatic carbocycles. The van der Waals surface area contributed by atoms with Gasteiger partial charge in [-0.05, 0) is 57.8 Å². The summed E-state index contributed by atoms with van der Waals surface area (Å²) in [7, 11) is 0. The minimum Gasteiger partial charge on any atom is -0.343 e. The molecular weight excluding hydrogens is 432 g/mol. The van der Waals surface area contributed by atoms with Crippen molar-refractivity contribution in [3.05, 3.63) is 38.0 Å². The van der Waals surface area contributed by atoms with Crippen LogP contribution in [0.4, 0.5) is 0 Å². The molecule has 0 saturated carbocycles. The zero-order valence-corrected chi connectivity index (χ0v) is 23.2. The summed E-state index contributed by atoms with van der Waals surface area (Å²) in [5.74, 6) is -2.59. The molecule has 0 amide bonds. The minimum atomic E-state index is -2.59. The molecule has 0 saturated heterocycles. The highest BCUT2D eigenvalue weighted by Crippen LogP contribution is 2.44. The highest BCUT2D eigenvalue weighted by molar-refractivity contribution is 4.86. The lowest BCUT2D eigenvalue weighted by Crippen LogP contribution is -2.48. The molecule has 35 heavy (non-hydrogen) atoms. The van der Waals surface area contributed by atoms with Crippen LogP contribution < -0.4 is 0 Å². The van der Waals surface area contributed by atoms with Gasteiger partial charge in [0.05, 0.1) is 5.41 Å². The number of rotatable bonds is 28. The van der Waals surface area contributed by atoms with Gasteiger partial charge in [-0.3, -0.25) is 0 Å². The van der Waals surface area contributed by atoms with Crippen molar-refractivity contribution in [2.75, 3.05) is 0 Å². The second-order valence-electron chi connectivity index (χ2n) is 10.8. The van der Waals surface area contributed by atoms with Gasteiger partial charge in [-0.15, -0.1) is 19.7 Å². The Kier molecular flexibility index (Phi) is 22.9. The quantitative estimate of drug-likeness (QED) is 0.0579. The van der Waals surface area contributed by atoms with Gasteiger partial charge in [0.1, 0.15) is 0 Å². The van der Waals surface area contributed by atoms with Crippen LogP contribution in [0.1, 0.15) is 154 Å². The van der Waals surface area contributed by atoms with Crippen molar-refractivity contribution >= 4 is 0 Å². The molecule has 0 unspecified atom stereocenters. The predicted molar refractivity (Wildman–Crippen MR) is 153 cm³/mol. The van der Waals surface area contributed by atoms with E-state index in [0.717, 1.165) is 57.8 Å². The second kappa shape index (κ2) is 23.5. The molecule has 0 heterocycles. The van der Waals surface area contributed by atoms with Crippen molar-refractivity contribution in [3.8, 4) is 0 Å². The fourth-order valence-electron chi connectivity index (χ4n) is 5.26. The third-order valence-electron chi connectivity index (χ3n) is 7.65. The van der Waals surface area contributed by atoms with Crippen LogP contribution in [-0.4, -0.2) is 21.3 Å². The fraction of sp³-hybridized carbons (Fsp3) is 0.812. The monoisotopic (exact) mass is 492 g/mol. The molecule has 0 aromatic rings. The Morgan fingerprint density at radius 3 is 0.829 bits per heavy atom. The highest BCUT2D eigenvalue weighted by atomic mass is 16.7. The molecule has 3 heteroatoms. The van der Waals surface area contributed by atoms with Crippen LogP contribution in [0.2, 0.25) is 0 Å². The SMILES string of the molecule is C=CCCCCCCCCC(CCCCCCCCC=C)(CCCCCCCCC=C)C(O)(O)O. The molecule has 0 aliphatic rings. The van der Waals surface area contributed by atoms with Crippen molar-refractivity contribution in [1.29, 1.82) is 0 Å². The number of aliphatic hydroxyl groups is 3. The molecule has 0 fully saturated rings. The average Bonchev–Trinajstić information content (AvgIpc) is 2.82. The smallest absolute Gasteiger partial charge is 0.281 e. The van der Waals surface area contributed by atoms with E-state index in [1.807, 2.05) is 18.2 Å². The first-order valence-electron chi connectivity index (χ1n) is 14.9. The van der Waals surface area contributed by atoms with Gasteiger partial charge in [-0.2, -0.15) is 0 Å². The maximum Gasteiger partial charge on any atom is 0.281 e. The molecule has 0 spiro atoms. The van der Waals surface area contributed by atoms with Crippen LogP contribution >= 0.6 is 0 Å². The van der Waals surface area contributed by atoms with Crippen molar-refractivity contribution in [2.45, 2.75) is 160 Å². The Morgan fingerprint density at radius 1 is 0.371 bits per heavy atom. The standard InChI is InChI=1S/C32H60O3/c1-4-7-10-13-16-19-22-25-28-31(32(33,34)35,29-26-23-20-17-14-11-8-5-2)30-27-24-21-18-15-12-9-6-3/h4-6,33-35H,1-3,7-30H2. The largest absolute Gasteiger partial charge is 0.343 e. The summed E-state index contributed by atoms with van der Waals surface area (Å²) >= 11 is 0. The number of unbranched alkanes of at least 4 members (excludes halogenated alkanes) is 18. The summed E-state index contributed by atoms with van der Waals surface area (Å²) < 4.78 is 0. The Bertz CT molecular complexity index is 432. The van der Waals surface area contributed by atoms with E-state index in [1.165, 1.54) is 77.0 Å². The Hall–Kier alpha value is -0.900. The summed E-state index contributed by atoms with van der Waals surface area (Å²) in [5.41, 5.74) is -0.804. The van der Waals surface area contributed by atoms with Gasteiger partial charge in [0.25, 0.3) is 5.97 Å². The maximum atomic E-state index is 10.5. The Labute approximate surface area is 218 Å². The van der Waals surface area contributed by atoms with Gasteiger partial charge in [0, 0.05) is 0 Å². The zero-order chi connectivity index (χ0) is 26.1. The second-order valence-corrected chi connectivity index (χ2v) is 10.8. The van der Waals surface area contributed by atoms with E-state index < -0.39 is 11.4 Å². The lowest BCUT2D eigenvalue weighted by Gasteiger charge is -2.41. The van der Waals surface area contributed by atoms with E-state index in [1.54, 1.807) is 0 Å². The fourth-order valence-corrected chi connectivity index (χ4v) is 5.26. The van der Waals surface area contributed by atoms with Crippen LogP contribution in [0.5, 0.6) is 0 Å². The first kappa shape index (κ1) is 34.1. The minimum absolute atomic E-state index is 0.696. The van der Waals surface area contributed by atoms with Crippen molar-refractivity contribution < 1.29 is 15.3 Å². The third-order valence-corrected chi connectivity index (χ3v) is 7.65. The predicted octanol–water partition coefficient (Wildman–Crippen LogP) is 9.52. The summed E-state index contributed by atoms with van der Waals surface area (Å²) in [5, 5.41) is 31.5. The van der Waals surface area contributed by atoms with Crippen LogP contribution in [0, 0.1) is 5.41 Å². The highest BCUT2D eigenvalue weighted by Gasteiger charge is 2.46. The molecule has 3 nitrogen and oxygen atoms in total. The van der Waals surface area contributed by atoms with Gasteiger partial charge in [-0.25, -0.2) is 0 Å². The molecule has 206 valence electrons. The van der Waals surface area contributed by atoms with Crippen molar-refractivity contribution in [3.63, 3.8) is 0 Å². The van der Waals surface area contributed by atoms with Crippen molar-refractivity contribution in [2.24, 2.45) is 5.41 Å². The van der Waals surface area contributed by atoms with Gasteiger partial charge in [0.2, 0.25) is 0 Å². The van der Waals surface area contributed by atoms with Crippen LogP contribution in [0.25, 0.3) is 0 Å². The molecule has 0 aliphatic heterocycles. The van der Waals surface area contributed by atoms with Gasteiger partial charge >= 0.3 is 0 Å². The molecular formula is C32H60O3. The van der Waals surface area contributed by atoms with E-state index in [2.05, 4.69) is 19.7 Å². The average molecular weight is 493 g/mol. The summed E-state index contributed by atoms with van der Waals surface area (Å²) in [6, 6.07) is 0. The normalized spacial score (nSPS) is 12.1. The summed E-state index contributed by atoms with van der Waals surface area (Å²) in [6.45, 7) is 11.4. The maximum absolute atomic E-state index is 10.5. The number of hydrogen-bond donors (Lipinski definition) is 3. The molecule has 0 radical (unpaired) electrons. The van der Waals surface area contributed by atoms with Gasteiger partial charge < -0.3 is 15.3 Å². The van der Waals surface area contributed by atoms with Gasteiger partial charge in [-0.1, -0.05) is 115 Å². The molecule has 0 aromatic carbocycles. The van der Waals surface area contributed by atoms with E-state index in [0.29, 0.717) is 19.3 Å². The molecule has 3 N–H and O–H groups in total. The molecule has 0 aromatic heterocycles. The lowest BCUT2D eigenvalue weighted by atomic mass is 9.71. The van der Waals surface area contributed by atoms with E-state index in [4.69, 9.17) is 0 Å². The first-order valence-corrected chi connectivity index (χ1v) is 14.9. The van der Waals surface area contributed by atoms with Crippen molar-refractivity contribution in [1.82, 2.24) is 0 Å². The van der Waals surface area contributed by atoms with Crippen LogP contribution in [0.15, 0.2) is 38.0 Å². The molecule has 0 rings (SSSR count). The van der Waals surface area contributed by atoms with Crippen LogP contribution in [-0.2, 0) is 0 Å².